The molecule has 0 radical (unpaired) electrons. The lowest BCUT2D eigenvalue weighted by Gasteiger charge is -2.35. The van der Waals surface area contributed by atoms with Crippen LogP contribution in [0.1, 0.15) is 78.6 Å². The number of ether oxygens (including phenoxy) is 1. The molecule has 0 N–H and O–H groups in total. The summed E-state index contributed by atoms with van der Waals surface area (Å²) in [5.74, 6) is 3.30. The van der Waals surface area contributed by atoms with E-state index in [1.807, 2.05) is 0 Å². The second-order valence-corrected chi connectivity index (χ2v) is 8.24. The van der Waals surface area contributed by atoms with E-state index >= 15 is 0 Å². The summed E-state index contributed by atoms with van der Waals surface area (Å²) in [7, 11) is 0. The topological polar surface area (TPSA) is 26.3 Å². The van der Waals surface area contributed by atoms with Gasteiger partial charge in [-0.3, -0.25) is 4.79 Å². The zero-order valence-electron chi connectivity index (χ0n) is 14.1. The van der Waals surface area contributed by atoms with Crippen molar-refractivity contribution in [2.24, 2.45) is 29.6 Å². The molecule has 3 aliphatic rings. The van der Waals surface area contributed by atoms with Crippen molar-refractivity contribution in [1.29, 1.82) is 0 Å². The van der Waals surface area contributed by atoms with Gasteiger partial charge in [-0.1, -0.05) is 26.7 Å². The second-order valence-electron chi connectivity index (χ2n) is 8.24. The van der Waals surface area contributed by atoms with Crippen LogP contribution < -0.4 is 0 Å². The van der Waals surface area contributed by atoms with Crippen molar-refractivity contribution < 1.29 is 9.53 Å². The summed E-state index contributed by atoms with van der Waals surface area (Å²) in [6.07, 6.45) is 10.7. The van der Waals surface area contributed by atoms with Crippen molar-refractivity contribution in [1.82, 2.24) is 0 Å². The van der Waals surface area contributed by atoms with Crippen LogP contribution in [0, 0.1) is 29.6 Å². The van der Waals surface area contributed by atoms with Gasteiger partial charge in [0.05, 0.1) is 5.92 Å². The van der Waals surface area contributed by atoms with E-state index in [1.165, 1.54) is 38.5 Å². The SMILES string of the molecule is CCC1CC(C)C2CCC(C(=O)OC3(C)CCCCC3)C12. The minimum atomic E-state index is -0.167. The third kappa shape index (κ3) is 2.87. The molecule has 0 aromatic rings. The highest BCUT2D eigenvalue weighted by atomic mass is 16.6. The summed E-state index contributed by atoms with van der Waals surface area (Å²) in [5.41, 5.74) is -0.167. The molecule has 2 heteroatoms. The Hall–Kier alpha value is -0.530. The minimum Gasteiger partial charge on any atom is -0.459 e. The molecular weight excluding hydrogens is 260 g/mol. The van der Waals surface area contributed by atoms with E-state index < -0.39 is 0 Å². The van der Waals surface area contributed by atoms with Crippen molar-refractivity contribution in [2.45, 2.75) is 84.2 Å². The Morgan fingerprint density at radius 2 is 1.90 bits per heavy atom. The molecule has 0 aromatic heterocycles. The van der Waals surface area contributed by atoms with Gasteiger partial charge in [0.15, 0.2) is 0 Å². The molecule has 21 heavy (non-hydrogen) atoms. The highest BCUT2D eigenvalue weighted by Crippen LogP contribution is 2.55. The fraction of sp³-hybridized carbons (Fsp3) is 0.947. The molecule has 0 bridgehead atoms. The van der Waals surface area contributed by atoms with E-state index in [9.17, 15) is 4.79 Å². The standard InChI is InChI=1S/C19H32O2/c1-4-14-12-13(2)15-8-9-16(17(14)15)18(20)21-19(3)10-6-5-7-11-19/h13-17H,4-12H2,1-3H3. The van der Waals surface area contributed by atoms with Gasteiger partial charge in [0.25, 0.3) is 0 Å². The molecule has 2 nitrogen and oxygen atoms in total. The summed E-state index contributed by atoms with van der Waals surface area (Å²) in [6.45, 7) is 6.84. The maximum Gasteiger partial charge on any atom is 0.309 e. The summed E-state index contributed by atoms with van der Waals surface area (Å²) >= 11 is 0. The fourth-order valence-electron chi connectivity index (χ4n) is 5.64. The number of carbonyl (C=O) groups excluding carboxylic acids is 1. The molecular formula is C19H32O2. The van der Waals surface area contributed by atoms with Crippen molar-refractivity contribution in [3.63, 3.8) is 0 Å². The van der Waals surface area contributed by atoms with Gasteiger partial charge < -0.3 is 4.74 Å². The first-order valence-electron chi connectivity index (χ1n) is 9.27. The fourth-order valence-corrected chi connectivity index (χ4v) is 5.64. The van der Waals surface area contributed by atoms with E-state index in [-0.39, 0.29) is 17.5 Å². The lowest BCUT2D eigenvalue weighted by Crippen LogP contribution is -2.38. The molecule has 0 saturated heterocycles. The van der Waals surface area contributed by atoms with Gasteiger partial charge in [-0.15, -0.1) is 0 Å². The van der Waals surface area contributed by atoms with Crippen LogP contribution in [0.4, 0.5) is 0 Å². The van der Waals surface area contributed by atoms with Gasteiger partial charge in [-0.25, -0.2) is 0 Å². The smallest absolute Gasteiger partial charge is 0.309 e. The van der Waals surface area contributed by atoms with Crippen LogP contribution in [0.15, 0.2) is 0 Å². The lowest BCUT2D eigenvalue weighted by atomic mass is 9.82. The molecule has 3 rings (SSSR count). The first-order valence-corrected chi connectivity index (χ1v) is 9.27. The van der Waals surface area contributed by atoms with Crippen LogP contribution >= 0.6 is 0 Å². The summed E-state index contributed by atoms with van der Waals surface area (Å²) < 4.78 is 6.06. The van der Waals surface area contributed by atoms with Crippen LogP contribution in [0.3, 0.4) is 0 Å². The van der Waals surface area contributed by atoms with E-state index in [2.05, 4.69) is 20.8 Å². The molecule has 3 saturated carbocycles. The van der Waals surface area contributed by atoms with E-state index in [4.69, 9.17) is 4.74 Å². The van der Waals surface area contributed by atoms with E-state index in [1.54, 1.807) is 0 Å². The monoisotopic (exact) mass is 292 g/mol. The average molecular weight is 292 g/mol. The molecule has 0 aromatic carbocycles. The van der Waals surface area contributed by atoms with Crippen molar-refractivity contribution in [2.75, 3.05) is 0 Å². The highest BCUT2D eigenvalue weighted by molar-refractivity contribution is 5.74. The third-order valence-electron chi connectivity index (χ3n) is 6.81. The Kier molecular flexibility index (Phi) is 4.34. The van der Waals surface area contributed by atoms with Crippen molar-refractivity contribution >= 4 is 5.97 Å². The third-order valence-corrected chi connectivity index (χ3v) is 6.81. The number of fused-ring (bicyclic) bond motifs is 1. The number of esters is 1. The molecule has 3 fully saturated rings. The average Bonchev–Trinajstić information content (AvgIpc) is 3.01. The van der Waals surface area contributed by atoms with Crippen LogP contribution in [0.2, 0.25) is 0 Å². The molecule has 0 spiro atoms. The number of rotatable bonds is 3. The first-order chi connectivity index (χ1) is 10.0. The van der Waals surface area contributed by atoms with Crippen LogP contribution in [0.25, 0.3) is 0 Å². The zero-order valence-corrected chi connectivity index (χ0v) is 14.1. The Labute approximate surface area is 130 Å². The zero-order chi connectivity index (χ0) is 15.0. The van der Waals surface area contributed by atoms with Gasteiger partial charge in [0, 0.05) is 0 Å². The van der Waals surface area contributed by atoms with Crippen LogP contribution in [-0.2, 0) is 9.53 Å². The number of hydrogen-bond donors (Lipinski definition) is 0. The summed E-state index contributed by atoms with van der Waals surface area (Å²) in [6, 6.07) is 0. The Morgan fingerprint density at radius 3 is 2.57 bits per heavy atom. The van der Waals surface area contributed by atoms with Gasteiger partial charge in [0.1, 0.15) is 5.60 Å². The molecule has 0 aliphatic heterocycles. The van der Waals surface area contributed by atoms with Crippen LogP contribution in [0.5, 0.6) is 0 Å². The largest absolute Gasteiger partial charge is 0.459 e. The quantitative estimate of drug-likeness (QED) is 0.687. The number of hydrogen-bond acceptors (Lipinski definition) is 2. The molecule has 120 valence electrons. The van der Waals surface area contributed by atoms with Crippen molar-refractivity contribution in [3.05, 3.63) is 0 Å². The Morgan fingerprint density at radius 1 is 1.19 bits per heavy atom. The van der Waals surface area contributed by atoms with Gasteiger partial charge in [-0.2, -0.15) is 0 Å². The predicted octanol–water partition coefficient (Wildman–Crippen LogP) is 4.96. The molecule has 0 heterocycles. The van der Waals surface area contributed by atoms with Crippen molar-refractivity contribution in [3.8, 4) is 0 Å². The van der Waals surface area contributed by atoms with Gasteiger partial charge >= 0.3 is 5.97 Å². The molecule has 3 aliphatic carbocycles. The normalized spacial score (nSPS) is 41.8. The second kappa shape index (κ2) is 5.93. The number of carbonyl (C=O) groups is 1. The molecule has 5 unspecified atom stereocenters. The lowest BCUT2D eigenvalue weighted by molar-refractivity contribution is -0.168. The summed E-state index contributed by atoms with van der Waals surface area (Å²) in [5, 5.41) is 0. The highest BCUT2D eigenvalue weighted by Gasteiger charge is 2.51. The first kappa shape index (κ1) is 15.4. The maximum atomic E-state index is 12.8. The summed E-state index contributed by atoms with van der Waals surface area (Å²) in [4.78, 5) is 12.8. The predicted molar refractivity (Wildman–Crippen MR) is 84.8 cm³/mol. The Bertz CT molecular complexity index is 383. The molecule has 5 atom stereocenters. The van der Waals surface area contributed by atoms with Gasteiger partial charge in [-0.05, 0) is 75.5 Å². The van der Waals surface area contributed by atoms with E-state index in [0.717, 1.165) is 37.0 Å². The van der Waals surface area contributed by atoms with Crippen LogP contribution in [-0.4, -0.2) is 11.6 Å². The molecule has 0 amide bonds. The minimum absolute atomic E-state index is 0.138. The van der Waals surface area contributed by atoms with E-state index in [0.29, 0.717) is 5.92 Å². The van der Waals surface area contributed by atoms with Gasteiger partial charge in [0.2, 0.25) is 0 Å². The maximum absolute atomic E-state index is 12.8. The Balaban J connectivity index is 1.67.